The van der Waals surface area contributed by atoms with E-state index in [1.807, 2.05) is 19.1 Å². The van der Waals surface area contributed by atoms with Crippen LogP contribution < -0.4 is 14.8 Å². The Balaban J connectivity index is 1.79. The SMILES string of the molecule is CCOc1cccc(C2Nc3ccc(Br)cc3[C@H]3OCCC[C@@H]23)c1OC. The molecule has 0 bridgehead atoms. The second kappa shape index (κ2) is 7.49. The average Bonchev–Trinajstić information content (AvgIpc) is 2.67. The van der Waals surface area contributed by atoms with Gasteiger partial charge in [-0.05, 0) is 44.0 Å². The molecule has 1 N–H and O–H groups in total. The maximum atomic E-state index is 6.23. The van der Waals surface area contributed by atoms with Crippen molar-refractivity contribution in [2.45, 2.75) is 31.9 Å². The van der Waals surface area contributed by atoms with Crippen molar-refractivity contribution >= 4 is 21.6 Å². The normalized spacial score (nSPS) is 24.2. The summed E-state index contributed by atoms with van der Waals surface area (Å²) in [5.74, 6) is 1.97. The van der Waals surface area contributed by atoms with Crippen LogP contribution in [0.5, 0.6) is 11.5 Å². The highest BCUT2D eigenvalue weighted by atomic mass is 79.9. The van der Waals surface area contributed by atoms with Crippen molar-refractivity contribution in [2.24, 2.45) is 5.92 Å². The zero-order chi connectivity index (χ0) is 18.1. The summed E-state index contributed by atoms with van der Waals surface area (Å²) in [6.45, 7) is 3.42. The fraction of sp³-hybridized carbons (Fsp3) is 0.429. The molecule has 1 unspecified atom stereocenters. The predicted molar refractivity (Wildman–Crippen MR) is 106 cm³/mol. The minimum Gasteiger partial charge on any atom is -0.492 e. The van der Waals surface area contributed by atoms with Crippen LogP contribution in [0.3, 0.4) is 0 Å². The lowest BCUT2D eigenvalue weighted by Gasteiger charge is -2.43. The molecule has 1 saturated heterocycles. The lowest BCUT2D eigenvalue weighted by molar-refractivity contribution is -0.0383. The third-order valence-electron chi connectivity index (χ3n) is 5.28. The summed E-state index contributed by atoms with van der Waals surface area (Å²) < 4.78 is 18.9. The highest BCUT2D eigenvalue weighted by Crippen LogP contribution is 2.51. The Hall–Kier alpha value is -1.72. The number of methoxy groups -OCH3 is 1. The first kappa shape index (κ1) is 17.7. The van der Waals surface area contributed by atoms with Gasteiger partial charge >= 0.3 is 0 Å². The first-order valence-corrected chi connectivity index (χ1v) is 9.99. The van der Waals surface area contributed by atoms with Gasteiger partial charge in [-0.3, -0.25) is 0 Å². The quantitative estimate of drug-likeness (QED) is 0.713. The number of para-hydroxylation sites is 1. The third kappa shape index (κ3) is 3.08. The van der Waals surface area contributed by atoms with Crippen LogP contribution in [0.4, 0.5) is 5.69 Å². The van der Waals surface area contributed by atoms with E-state index < -0.39 is 0 Å². The number of nitrogens with one attached hydrogen (secondary N) is 1. The van der Waals surface area contributed by atoms with Crippen molar-refractivity contribution in [1.82, 2.24) is 0 Å². The molecule has 0 saturated carbocycles. The maximum absolute atomic E-state index is 6.23. The van der Waals surface area contributed by atoms with Crippen LogP contribution >= 0.6 is 15.9 Å². The highest BCUT2D eigenvalue weighted by molar-refractivity contribution is 9.10. The summed E-state index contributed by atoms with van der Waals surface area (Å²) >= 11 is 3.60. The smallest absolute Gasteiger partial charge is 0.165 e. The van der Waals surface area contributed by atoms with Gasteiger partial charge < -0.3 is 19.5 Å². The lowest BCUT2D eigenvalue weighted by Crippen LogP contribution is -2.36. The molecule has 2 heterocycles. The summed E-state index contributed by atoms with van der Waals surface area (Å²) in [6.07, 6.45) is 2.30. The number of benzene rings is 2. The second-order valence-electron chi connectivity index (χ2n) is 6.76. The number of halogens is 1. The van der Waals surface area contributed by atoms with Gasteiger partial charge in [-0.25, -0.2) is 0 Å². The molecular weight excluding hydrogens is 394 g/mol. The van der Waals surface area contributed by atoms with E-state index in [1.54, 1.807) is 7.11 Å². The molecular formula is C21H24BrNO3. The van der Waals surface area contributed by atoms with Gasteiger partial charge in [0.1, 0.15) is 0 Å². The molecule has 26 heavy (non-hydrogen) atoms. The molecule has 2 aliphatic heterocycles. The first-order valence-electron chi connectivity index (χ1n) is 9.20. The van der Waals surface area contributed by atoms with Gasteiger partial charge in [0.2, 0.25) is 0 Å². The van der Waals surface area contributed by atoms with Crippen LogP contribution in [0.25, 0.3) is 0 Å². The molecule has 0 amide bonds. The van der Waals surface area contributed by atoms with Crippen molar-refractivity contribution in [2.75, 3.05) is 25.6 Å². The molecule has 4 rings (SSSR count). The summed E-state index contributed by atoms with van der Waals surface area (Å²) in [7, 11) is 1.71. The summed E-state index contributed by atoms with van der Waals surface area (Å²) in [5.41, 5.74) is 3.50. The van der Waals surface area contributed by atoms with Crippen molar-refractivity contribution < 1.29 is 14.2 Å². The number of ether oxygens (including phenoxy) is 3. The van der Waals surface area contributed by atoms with E-state index in [1.165, 1.54) is 5.56 Å². The minimum absolute atomic E-state index is 0.1000. The second-order valence-corrected chi connectivity index (χ2v) is 7.68. The number of rotatable bonds is 4. The monoisotopic (exact) mass is 417 g/mol. The van der Waals surface area contributed by atoms with Gasteiger partial charge in [-0.2, -0.15) is 0 Å². The molecule has 2 aliphatic rings. The van der Waals surface area contributed by atoms with E-state index in [-0.39, 0.29) is 12.1 Å². The summed E-state index contributed by atoms with van der Waals surface area (Å²) in [5, 5.41) is 3.75. The molecule has 1 fully saturated rings. The molecule has 5 heteroatoms. The molecule has 138 valence electrons. The van der Waals surface area contributed by atoms with E-state index in [2.05, 4.69) is 45.5 Å². The Morgan fingerprint density at radius 1 is 1.23 bits per heavy atom. The number of fused-ring (bicyclic) bond motifs is 3. The van der Waals surface area contributed by atoms with Gasteiger partial charge in [0.15, 0.2) is 11.5 Å². The third-order valence-corrected chi connectivity index (χ3v) is 5.77. The van der Waals surface area contributed by atoms with Crippen LogP contribution in [0.1, 0.15) is 43.0 Å². The van der Waals surface area contributed by atoms with Gasteiger partial charge in [0, 0.05) is 33.8 Å². The van der Waals surface area contributed by atoms with Crippen molar-refractivity contribution in [3.8, 4) is 11.5 Å². The van der Waals surface area contributed by atoms with E-state index in [0.29, 0.717) is 12.5 Å². The number of anilines is 1. The Kier molecular flexibility index (Phi) is 5.09. The van der Waals surface area contributed by atoms with Gasteiger partial charge in [-0.1, -0.05) is 28.1 Å². The summed E-state index contributed by atoms with van der Waals surface area (Å²) in [4.78, 5) is 0. The highest BCUT2D eigenvalue weighted by Gasteiger charge is 2.41. The van der Waals surface area contributed by atoms with Crippen molar-refractivity contribution in [3.05, 3.63) is 52.0 Å². The Labute approximate surface area is 163 Å². The lowest BCUT2D eigenvalue weighted by atomic mass is 9.77. The largest absolute Gasteiger partial charge is 0.492 e. The molecule has 0 radical (unpaired) electrons. The number of hydrogen-bond donors (Lipinski definition) is 1. The van der Waals surface area contributed by atoms with E-state index >= 15 is 0 Å². The van der Waals surface area contributed by atoms with E-state index in [9.17, 15) is 0 Å². The van der Waals surface area contributed by atoms with Crippen LogP contribution in [-0.2, 0) is 4.74 Å². The van der Waals surface area contributed by atoms with Gasteiger partial charge in [0.25, 0.3) is 0 Å². The van der Waals surface area contributed by atoms with Gasteiger partial charge in [0.05, 0.1) is 25.9 Å². The first-order chi connectivity index (χ1) is 12.7. The van der Waals surface area contributed by atoms with E-state index in [0.717, 1.165) is 46.7 Å². The fourth-order valence-electron chi connectivity index (χ4n) is 4.21. The van der Waals surface area contributed by atoms with Crippen LogP contribution in [-0.4, -0.2) is 20.3 Å². The molecule has 0 aromatic heterocycles. The maximum Gasteiger partial charge on any atom is 0.165 e. The molecule has 2 aromatic carbocycles. The van der Waals surface area contributed by atoms with Crippen LogP contribution in [0.15, 0.2) is 40.9 Å². The predicted octanol–water partition coefficient (Wildman–Crippen LogP) is 5.49. The molecule has 3 atom stereocenters. The van der Waals surface area contributed by atoms with Gasteiger partial charge in [-0.15, -0.1) is 0 Å². The Bertz CT molecular complexity index is 795. The molecule has 0 spiro atoms. The van der Waals surface area contributed by atoms with Crippen molar-refractivity contribution in [1.29, 1.82) is 0 Å². The summed E-state index contributed by atoms with van der Waals surface area (Å²) in [6, 6.07) is 12.6. The topological polar surface area (TPSA) is 39.7 Å². The molecule has 4 nitrogen and oxygen atoms in total. The Morgan fingerprint density at radius 3 is 2.92 bits per heavy atom. The zero-order valence-corrected chi connectivity index (χ0v) is 16.7. The van der Waals surface area contributed by atoms with E-state index in [4.69, 9.17) is 14.2 Å². The minimum atomic E-state index is 0.1000. The molecule has 2 aromatic rings. The number of hydrogen-bond acceptors (Lipinski definition) is 4. The van der Waals surface area contributed by atoms with Crippen LogP contribution in [0.2, 0.25) is 0 Å². The average molecular weight is 418 g/mol. The van der Waals surface area contributed by atoms with Crippen molar-refractivity contribution in [3.63, 3.8) is 0 Å². The molecule has 0 aliphatic carbocycles. The zero-order valence-electron chi connectivity index (χ0n) is 15.1. The fourth-order valence-corrected chi connectivity index (χ4v) is 4.59. The standard InChI is InChI=1S/C21H24BrNO3/c1-3-25-18-8-4-6-15(21(18)24-2)19-14-7-5-11-26-20(14)16-12-13(22)9-10-17(16)23-19/h4,6,8-10,12,14,19-20,23H,3,5,7,11H2,1-2H3/t14-,19?,20-/m0/s1. The van der Waals surface area contributed by atoms with Crippen LogP contribution in [0, 0.1) is 5.92 Å². The Morgan fingerprint density at radius 2 is 2.12 bits per heavy atom.